The molecular weight excluding hydrogens is 329 g/mol. The van der Waals surface area contributed by atoms with E-state index in [1.165, 1.54) is 23.5 Å². The zero-order chi connectivity index (χ0) is 15.5. The highest BCUT2D eigenvalue weighted by Gasteiger charge is 2.14. The Labute approximate surface area is 133 Å². The summed E-state index contributed by atoms with van der Waals surface area (Å²) in [5.74, 6) is -0.569. The highest BCUT2D eigenvalue weighted by molar-refractivity contribution is 7.08. The van der Waals surface area contributed by atoms with Crippen molar-refractivity contribution in [2.45, 2.75) is 6.54 Å². The molecule has 0 unspecified atom stereocenters. The van der Waals surface area contributed by atoms with Gasteiger partial charge in [0.25, 0.3) is 11.8 Å². The van der Waals surface area contributed by atoms with E-state index < -0.39 is 11.7 Å². The van der Waals surface area contributed by atoms with Gasteiger partial charge in [0, 0.05) is 10.4 Å². The fraction of sp³-hybridized carbons (Fsp3) is 0.0714. The molecule has 8 heteroatoms. The molecule has 0 radical (unpaired) electrons. The highest BCUT2D eigenvalue weighted by atomic mass is 35.5. The second-order valence-corrected chi connectivity index (χ2v) is 5.55. The number of carbonyl (C=O) groups excluding carboxylic acids is 1. The molecule has 5 nitrogen and oxygen atoms in total. The lowest BCUT2D eigenvalue weighted by Crippen LogP contribution is -2.24. The Kier molecular flexibility index (Phi) is 4.17. The van der Waals surface area contributed by atoms with Gasteiger partial charge in [-0.3, -0.25) is 4.79 Å². The molecule has 0 saturated heterocycles. The van der Waals surface area contributed by atoms with Crippen LogP contribution in [0.25, 0.3) is 11.5 Å². The highest BCUT2D eigenvalue weighted by Crippen LogP contribution is 2.20. The Morgan fingerprint density at radius 3 is 3.00 bits per heavy atom. The van der Waals surface area contributed by atoms with E-state index in [-0.39, 0.29) is 17.1 Å². The van der Waals surface area contributed by atoms with Gasteiger partial charge in [-0.25, -0.2) is 4.39 Å². The minimum absolute atomic E-state index is 0.0362. The summed E-state index contributed by atoms with van der Waals surface area (Å²) in [7, 11) is 0. The summed E-state index contributed by atoms with van der Waals surface area (Å²) >= 11 is 7.15. The number of benzene rings is 1. The van der Waals surface area contributed by atoms with Crippen molar-refractivity contribution in [2.24, 2.45) is 0 Å². The zero-order valence-electron chi connectivity index (χ0n) is 11.0. The Morgan fingerprint density at radius 1 is 1.41 bits per heavy atom. The van der Waals surface area contributed by atoms with Crippen molar-refractivity contribution in [3.63, 3.8) is 0 Å². The van der Waals surface area contributed by atoms with Crippen LogP contribution in [0, 0.1) is 5.82 Å². The Balaban J connectivity index is 1.66. The topological polar surface area (TPSA) is 68.0 Å². The molecule has 3 rings (SSSR count). The number of nitrogens with zero attached hydrogens (tertiary/aromatic N) is 2. The molecule has 0 aliphatic rings. The molecule has 0 aliphatic carbocycles. The van der Waals surface area contributed by atoms with Crippen molar-refractivity contribution >= 4 is 28.8 Å². The molecule has 0 saturated carbocycles. The molecule has 112 valence electrons. The summed E-state index contributed by atoms with van der Waals surface area (Å²) in [5, 5.41) is 10.3. The molecule has 2 heterocycles. The summed E-state index contributed by atoms with van der Waals surface area (Å²) in [6, 6.07) is 5.70. The largest absolute Gasteiger partial charge is 0.345 e. The normalized spacial score (nSPS) is 10.6. The van der Waals surface area contributed by atoms with E-state index in [9.17, 15) is 9.18 Å². The average molecular weight is 338 g/mol. The number of carbonyl (C=O) groups is 1. The first-order chi connectivity index (χ1) is 10.6. The van der Waals surface area contributed by atoms with Crippen LogP contribution in [0.3, 0.4) is 0 Å². The van der Waals surface area contributed by atoms with Crippen LogP contribution in [-0.4, -0.2) is 16.0 Å². The fourth-order valence-corrected chi connectivity index (χ4v) is 2.55. The number of thiophene rings is 1. The van der Waals surface area contributed by atoms with Crippen LogP contribution in [-0.2, 0) is 6.54 Å². The molecule has 0 bridgehead atoms. The van der Waals surface area contributed by atoms with E-state index in [0.29, 0.717) is 11.7 Å². The van der Waals surface area contributed by atoms with Gasteiger partial charge in [-0.05, 0) is 29.6 Å². The van der Waals surface area contributed by atoms with E-state index in [4.69, 9.17) is 16.1 Å². The van der Waals surface area contributed by atoms with Gasteiger partial charge in [-0.1, -0.05) is 16.8 Å². The van der Waals surface area contributed by atoms with Crippen molar-refractivity contribution in [2.75, 3.05) is 0 Å². The van der Waals surface area contributed by atoms with Gasteiger partial charge in [-0.15, -0.1) is 0 Å². The lowest BCUT2D eigenvalue weighted by molar-refractivity contribution is 0.0945. The van der Waals surface area contributed by atoms with Crippen LogP contribution in [0.1, 0.15) is 16.2 Å². The number of hydrogen-bond acceptors (Lipinski definition) is 5. The number of amides is 1. The molecule has 1 N–H and O–H groups in total. The lowest BCUT2D eigenvalue weighted by Gasteiger charge is -2.03. The third kappa shape index (κ3) is 3.15. The maximum absolute atomic E-state index is 13.6. The Hall–Kier alpha value is -2.25. The van der Waals surface area contributed by atoms with E-state index in [2.05, 4.69) is 15.5 Å². The molecule has 0 fully saturated rings. The summed E-state index contributed by atoms with van der Waals surface area (Å²) < 4.78 is 18.7. The summed E-state index contributed by atoms with van der Waals surface area (Å²) in [4.78, 5) is 16.1. The zero-order valence-corrected chi connectivity index (χ0v) is 12.6. The van der Waals surface area contributed by atoms with Gasteiger partial charge in [0.2, 0.25) is 0 Å². The fourth-order valence-electron chi connectivity index (χ4n) is 1.76. The Bertz CT molecular complexity index is 804. The van der Waals surface area contributed by atoms with Gasteiger partial charge in [-0.2, -0.15) is 16.3 Å². The maximum Gasteiger partial charge on any atom is 0.258 e. The maximum atomic E-state index is 13.6. The monoisotopic (exact) mass is 337 g/mol. The first-order valence-electron chi connectivity index (χ1n) is 6.22. The Morgan fingerprint density at radius 2 is 2.27 bits per heavy atom. The van der Waals surface area contributed by atoms with Crippen molar-refractivity contribution in [1.29, 1.82) is 0 Å². The molecule has 22 heavy (non-hydrogen) atoms. The molecule has 1 aromatic carbocycles. The van der Waals surface area contributed by atoms with Crippen molar-refractivity contribution < 1.29 is 13.7 Å². The van der Waals surface area contributed by atoms with Crippen LogP contribution < -0.4 is 5.32 Å². The quantitative estimate of drug-likeness (QED) is 0.791. The van der Waals surface area contributed by atoms with Crippen LogP contribution in [0.15, 0.2) is 39.5 Å². The average Bonchev–Trinajstić information content (AvgIpc) is 3.16. The van der Waals surface area contributed by atoms with Crippen LogP contribution >= 0.6 is 22.9 Å². The number of nitrogens with one attached hydrogen (secondary N) is 1. The lowest BCUT2D eigenvalue weighted by atomic mass is 10.2. The van der Waals surface area contributed by atoms with Crippen LogP contribution in [0.2, 0.25) is 5.02 Å². The van der Waals surface area contributed by atoms with Crippen molar-refractivity contribution in [1.82, 2.24) is 15.5 Å². The molecular formula is C14H9ClFN3O2S. The van der Waals surface area contributed by atoms with Gasteiger partial charge in [0.15, 0.2) is 5.82 Å². The minimum atomic E-state index is -0.683. The molecule has 0 spiro atoms. The van der Waals surface area contributed by atoms with E-state index in [1.54, 1.807) is 0 Å². The minimum Gasteiger partial charge on any atom is -0.345 e. The molecule has 0 atom stereocenters. The molecule has 2 aromatic heterocycles. The van der Waals surface area contributed by atoms with Gasteiger partial charge >= 0.3 is 0 Å². The second-order valence-electron chi connectivity index (χ2n) is 4.33. The third-order valence-electron chi connectivity index (χ3n) is 2.82. The smallest absolute Gasteiger partial charge is 0.258 e. The van der Waals surface area contributed by atoms with E-state index >= 15 is 0 Å². The van der Waals surface area contributed by atoms with Gasteiger partial charge in [0.1, 0.15) is 5.82 Å². The second kappa shape index (κ2) is 6.25. The van der Waals surface area contributed by atoms with E-state index in [0.717, 1.165) is 11.6 Å². The molecule has 1 amide bonds. The first-order valence-corrected chi connectivity index (χ1v) is 7.54. The van der Waals surface area contributed by atoms with Crippen molar-refractivity contribution in [3.8, 4) is 11.5 Å². The summed E-state index contributed by atoms with van der Waals surface area (Å²) in [5.41, 5.74) is 0.727. The summed E-state index contributed by atoms with van der Waals surface area (Å²) in [6.07, 6.45) is 0. The van der Waals surface area contributed by atoms with Gasteiger partial charge < -0.3 is 9.84 Å². The van der Waals surface area contributed by atoms with Crippen molar-refractivity contribution in [3.05, 3.63) is 57.3 Å². The number of rotatable bonds is 4. The van der Waals surface area contributed by atoms with Crippen LogP contribution in [0.4, 0.5) is 4.39 Å². The SMILES string of the molecule is O=C(NCc1noc(-c2ccsc2)n1)c1ccc(Cl)cc1F. The van der Waals surface area contributed by atoms with Gasteiger partial charge in [0.05, 0.1) is 17.7 Å². The predicted molar refractivity (Wildman–Crippen MR) is 80.2 cm³/mol. The predicted octanol–water partition coefficient (Wildman–Crippen LogP) is 3.52. The number of hydrogen-bond donors (Lipinski definition) is 1. The third-order valence-corrected chi connectivity index (χ3v) is 3.74. The molecule has 0 aliphatic heterocycles. The standard InChI is InChI=1S/C14H9ClFN3O2S/c15-9-1-2-10(11(16)5-9)13(20)17-6-12-18-14(21-19-12)8-3-4-22-7-8/h1-5,7H,6H2,(H,17,20). The van der Waals surface area contributed by atoms with Crippen LogP contribution in [0.5, 0.6) is 0 Å². The molecule has 3 aromatic rings. The number of halogens is 2. The first kappa shape index (κ1) is 14.7. The summed E-state index contributed by atoms with van der Waals surface area (Å²) in [6.45, 7) is 0.0362. The number of aromatic nitrogens is 2. The van der Waals surface area contributed by atoms with E-state index in [1.807, 2.05) is 16.8 Å².